The molecule has 0 unspecified atom stereocenters. The van der Waals surface area contributed by atoms with Crippen LogP contribution in [0.4, 0.5) is 10.5 Å². The number of carbonyl (C=O) groups excluding carboxylic acids is 1. The Hall–Kier alpha value is -1.83. The number of ether oxygens (including phenoxy) is 1. The van der Waals surface area contributed by atoms with E-state index in [-0.39, 0.29) is 12.6 Å². The predicted octanol–water partition coefficient (Wildman–Crippen LogP) is 3.55. The molecule has 122 valence electrons. The number of urea groups is 1. The zero-order chi connectivity index (χ0) is 16.2. The van der Waals surface area contributed by atoms with Crippen molar-refractivity contribution < 1.29 is 14.1 Å². The van der Waals surface area contributed by atoms with Crippen LogP contribution in [0.5, 0.6) is 0 Å². The molecule has 1 fully saturated rings. The minimum absolute atomic E-state index is 0.135. The highest BCUT2D eigenvalue weighted by molar-refractivity contribution is 6.35. The second-order valence-corrected chi connectivity index (χ2v) is 5.89. The molecule has 9 heteroatoms. The molecule has 0 radical (unpaired) electrons. The van der Waals surface area contributed by atoms with Gasteiger partial charge < -0.3 is 19.9 Å². The molecule has 0 spiro atoms. The highest BCUT2D eigenvalue weighted by Crippen LogP contribution is 2.26. The average Bonchev–Trinajstić information content (AvgIpc) is 3.15. The van der Waals surface area contributed by atoms with Crippen molar-refractivity contribution in [3.63, 3.8) is 0 Å². The molecule has 2 N–H and O–H groups in total. The van der Waals surface area contributed by atoms with Gasteiger partial charge in [0, 0.05) is 22.3 Å². The minimum atomic E-state index is -0.424. The van der Waals surface area contributed by atoms with Gasteiger partial charge in [-0.2, -0.15) is 4.98 Å². The van der Waals surface area contributed by atoms with E-state index in [0.717, 1.165) is 12.8 Å². The number of hydrogen-bond donors (Lipinski definition) is 2. The van der Waals surface area contributed by atoms with E-state index >= 15 is 0 Å². The Morgan fingerprint density at radius 2 is 2.09 bits per heavy atom. The third-order valence-electron chi connectivity index (χ3n) is 3.22. The predicted molar refractivity (Wildman–Crippen MR) is 84.5 cm³/mol. The van der Waals surface area contributed by atoms with Crippen LogP contribution in [0, 0.1) is 0 Å². The third-order valence-corrected chi connectivity index (χ3v) is 3.65. The summed E-state index contributed by atoms with van der Waals surface area (Å²) in [5.41, 5.74) is 0.494. The van der Waals surface area contributed by atoms with Crippen molar-refractivity contribution in [1.82, 2.24) is 15.5 Å². The molecule has 0 bridgehead atoms. The SMILES string of the molecule is O=C(NCc1noc([C@H]2CCCO2)n1)Nc1cc(Cl)cc(Cl)c1. The number of nitrogens with zero attached hydrogens (tertiary/aromatic N) is 2. The number of carbonyl (C=O) groups is 1. The Morgan fingerprint density at radius 1 is 1.30 bits per heavy atom. The smallest absolute Gasteiger partial charge is 0.319 e. The van der Waals surface area contributed by atoms with Gasteiger partial charge in [0.15, 0.2) is 5.82 Å². The van der Waals surface area contributed by atoms with Crippen molar-refractivity contribution in [3.05, 3.63) is 40.0 Å². The van der Waals surface area contributed by atoms with E-state index in [0.29, 0.717) is 34.1 Å². The van der Waals surface area contributed by atoms with Crippen LogP contribution in [0.2, 0.25) is 10.0 Å². The van der Waals surface area contributed by atoms with E-state index in [4.69, 9.17) is 32.5 Å². The van der Waals surface area contributed by atoms with E-state index in [1.54, 1.807) is 18.2 Å². The third kappa shape index (κ3) is 4.34. The fourth-order valence-corrected chi connectivity index (χ4v) is 2.73. The second-order valence-electron chi connectivity index (χ2n) is 5.02. The summed E-state index contributed by atoms with van der Waals surface area (Å²) in [6.07, 6.45) is 1.70. The fourth-order valence-electron chi connectivity index (χ4n) is 2.20. The van der Waals surface area contributed by atoms with E-state index in [1.165, 1.54) is 0 Å². The van der Waals surface area contributed by atoms with Crippen LogP contribution in [0.1, 0.15) is 30.7 Å². The summed E-state index contributed by atoms with van der Waals surface area (Å²) >= 11 is 11.7. The number of benzene rings is 1. The number of rotatable bonds is 4. The topological polar surface area (TPSA) is 89.3 Å². The van der Waals surface area contributed by atoms with Gasteiger partial charge in [-0.25, -0.2) is 4.79 Å². The molecule has 0 saturated carbocycles. The summed E-state index contributed by atoms with van der Waals surface area (Å²) in [5.74, 6) is 0.830. The summed E-state index contributed by atoms with van der Waals surface area (Å²) in [7, 11) is 0. The second kappa shape index (κ2) is 7.16. The normalized spacial score (nSPS) is 17.2. The zero-order valence-electron chi connectivity index (χ0n) is 12.0. The van der Waals surface area contributed by atoms with Crippen LogP contribution in [0.15, 0.2) is 22.7 Å². The molecule has 23 heavy (non-hydrogen) atoms. The highest BCUT2D eigenvalue weighted by atomic mass is 35.5. The van der Waals surface area contributed by atoms with E-state index in [1.807, 2.05) is 0 Å². The monoisotopic (exact) mass is 356 g/mol. The van der Waals surface area contributed by atoms with Gasteiger partial charge in [-0.15, -0.1) is 0 Å². The van der Waals surface area contributed by atoms with Gasteiger partial charge in [0.05, 0.1) is 6.54 Å². The number of halogens is 2. The standard InChI is InChI=1S/C14H14Cl2N4O3/c15-8-4-9(16)6-10(5-8)18-14(21)17-7-12-19-13(23-20-12)11-2-1-3-22-11/h4-6,11H,1-3,7H2,(H2,17,18,21)/t11-/m1/s1. The molecule has 0 aliphatic carbocycles. The first kappa shape index (κ1) is 16.0. The zero-order valence-corrected chi connectivity index (χ0v) is 13.5. The molecule has 2 aromatic rings. The van der Waals surface area contributed by atoms with Crippen molar-refractivity contribution >= 4 is 34.9 Å². The number of anilines is 1. The van der Waals surface area contributed by atoms with Gasteiger partial charge in [0.25, 0.3) is 5.89 Å². The molecular weight excluding hydrogens is 343 g/mol. The average molecular weight is 357 g/mol. The molecule has 1 atom stereocenters. The summed E-state index contributed by atoms with van der Waals surface area (Å²) < 4.78 is 10.6. The van der Waals surface area contributed by atoms with Crippen molar-refractivity contribution in [3.8, 4) is 0 Å². The highest BCUT2D eigenvalue weighted by Gasteiger charge is 2.23. The molecule has 2 heterocycles. The Labute approximate surface area is 142 Å². The maximum Gasteiger partial charge on any atom is 0.319 e. The number of hydrogen-bond acceptors (Lipinski definition) is 5. The quantitative estimate of drug-likeness (QED) is 0.874. The van der Waals surface area contributed by atoms with Gasteiger partial charge in [-0.05, 0) is 31.0 Å². The summed E-state index contributed by atoms with van der Waals surface area (Å²) in [5, 5.41) is 9.95. The van der Waals surface area contributed by atoms with Crippen molar-refractivity contribution in [1.29, 1.82) is 0 Å². The summed E-state index contributed by atoms with van der Waals surface area (Å²) in [6.45, 7) is 0.835. The largest absolute Gasteiger partial charge is 0.368 e. The van der Waals surface area contributed by atoms with Crippen molar-refractivity contribution in [2.75, 3.05) is 11.9 Å². The van der Waals surface area contributed by atoms with Crippen LogP contribution in [0.3, 0.4) is 0 Å². The molecule has 1 aromatic carbocycles. The van der Waals surface area contributed by atoms with Crippen LogP contribution < -0.4 is 10.6 Å². The lowest BCUT2D eigenvalue weighted by Crippen LogP contribution is -2.28. The molecule has 7 nitrogen and oxygen atoms in total. The van der Waals surface area contributed by atoms with E-state index in [2.05, 4.69) is 20.8 Å². The Morgan fingerprint density at radius 3 is 2.78 bits per heavy atom. The van der Waals surface area contributed by atoms with Crippen LogP contribution in [0.25, 0.3) is 0 Å². The van der Waals surface area contributed by atoms with Crippen molar-refractivity contribution in [2.45, 2.75) is 25.5 Å². The van der Waals surface area contributed by atoms with E-state index < -0.39 is 6.03 Å². The first-order valence-corrected chi connectivity index (χ1v) is 7.81. The molecule has 2 amide bonds. The lowest BCUT2D eigenvalue weighted by molar-refractivity contribution is 0.0835. The molecule has 1 saturated heterocycles. The van der Waals surface area contributed by atoms with Crippen molar-refractivity contribution in [2.24, 2.45) is 0 Å². The molecule has 1 aliphatic rings. The molecule has 1 aromatic heterocycles. The van der Waals surface area contributed by atoms with Crippen LogP contribution in [-0.2, 0) is 11.3 Å². The Kier molecular flexibility index (Phi) is 5.00. The van der Waals surface area contributed by atoms with Gasteiger partial charge in [-0.1, -0.05) is 28.4 Å². The Balaban J connectivity index is 1.52. The molecule has 3 rings (SSSR count). The number of nitrogens with one attached hydrogen (secondary N) is 2. The maximum atomic E-state index is 11.9. The van der Waals surface area contributed by atoms with Gasteiger partial charge in [0.2, 0.25) is 0 Å². The fraction of sp³-hybridized carbons (Fsp3) is 0.357. The summed E-state index contributed by atoms with van der Waals surface area (Å²) in [6, 6.07) is 4.35. The van der Waals surface area contributed by atoms with Gasteiger partial charge >= 0.3 is 6.03 Å². The minimum Gasteiger partial charge on any atom is -0.368 e. The van der Waals surface area contributed by atoms with Gasteiger partial charge in [-0.3, -0.25) is 0 Å². The van der Waals surface area contributed by atoms with Gasteiger partial charge in [0.1, 0.15) is 6.10 Å². The first-order chi connectivity index (χ1) is 11.1. The number of amides is 2. The maximum absolute atomic E-state index is 11.9. The molecular formula is C14H14Cl2N4O3. The van der Waals surface area contributed by atoms with Crippen LogP contribution in [-0.4, -0.2) is 22.8 Å². The summed E-state index contributed by atoms with van der Waals surface area (Å²) in [4.78, 5) is 16.1. The first-order valence-electron chi connectivity index (χ1n) is 7.05. The lowest BCUT2D eigenvalue weighted by Gasteiger charge is -2.07. The van der Waals surface area contributed by atoms with E-state index in [9.17, 15) is 4.79 Å². The van der Waals surface area contributed by atoms with Crippen LogP contribution >= 0.6 is 23.2 Å². The number of aromatic nitrogens is 2. The lowest BCUT2D eigenvalue weighted by atomic mass is 10.2. The molecule has 1 aliphatic heterocycles. The Bertz CT molecular complexity index is 681.